The Morgan fingerprint density at radius 2 is 1.62 bits per heavy atom. The van der Waals surface area contributed by atoms with Crippen LogP contribution in [0.1, 0.15) is 12.5 Å². The Morgan fingerprint density at radius 1 is 1.00 bits per heavy atom. The van der Waals surface area contributed by atoms with Crippen LogP contribution in [0.25, 0.3) is 0 Å². The van der Waals surface area contributed by atoms with Crippen LogP contribution in [0.15, 0.2) is 60.7 Å². The lowest BCUT2D eigenvalue weighted by molar-refractivity contribution is 0.142. The van der Waals surface area contributed by atoms with Crippen LogP contribution in [-0.4, -0.2) is 30.6 Å². The van der Waals surface area contributed by atoms with E-state index in [0.29, 0.717) is 19.2 Å². The third kappa shape index (κ3) is 5.21. The maximum Gasteiger partial charge on any atom is 0.119 e. The van der Waals surface area contributed by atoms with Crippen LogP contribution in [0.4, 0.5) is 0 Å². The summed E-state index contributed by atoms with van der Waals surface area (Å²) in [6, 6.07) is 20.7. The molecular formula is C18H24N2O. The molecule has 3 heteroatoms. The third-order valence-corrected chi connectivity index (χ3v) is 3.50. The van der Waals surface area contributed by atoms with Crippen molar-refractivity contribution in [3.63, 3.8) is 0 Å². The van der Waals surface area contributed by atoms with E-state index >= 15 is 0 Å². The molecule has 2 aromatic carbocycles. The first-order chi connectivity index (χ1) is 10.3. The van der Waals surface area contributed by atoms with Crippen molar-refractivity contribution in [1.29, 1.82) is 0 Å². The average Bonchev–Trinajstić information content (AvgIpc) is 2.54. The Balaban J connectivity index is 1.90. The van der Waals surface area contributed by atoms with Gasteiger partial charge in [-0.05, 0) is 24.6 Å². The van der Waals surface area contributed by atoms with Gasteiger partial charge in [-0.3, -0.25) is 4.90 Å². The molecule has 1 atom stereocenters. The number of hydrogen-bond donors (Lipinski definition) is 1. The molecule has 0 saturated carbocycles. The van der Waals surface area contributed by atoms with Gasteiger partial charge in [0.15, 0.2) is 0 Å². The molecule has 1 unspecified atom stereocenters. The molecule has 0 aromatic heterocycles. The number of ether oxygens (including phenoxy) is 1. The van der Waals surface area contributed by atoms with Crippen molar-refractivity contribution in [2.45, 2.75) is 19.5 Å². The van der Waals surface area contributed by atoms with Gasteiger partial charge in [0, 0.05) is 25.7 Å². The molecule has 21 heavy (non-hydrogen) atoms. The molecule has 0 heterocycles. The highest BCUT2D eigenvalue weighted by atomic mass is 16.5. The molecule has 2 aromatic rings. The number of nitrogens with zero attached hydrogens (tertiary/aromatic N) is 1. The van der Waals surface area contributed by atoms with E-state index in [1.807, 2.05) is 36.4 Å². The predicted molar refractivity (Wildman–Crippen MR) is 87.3 cm³/mol. The summed E-state index contributed by atoms with van der Waals surface area (Å²) in [6.07, 6.45) is 0. The minimum absolute atomic E-state index is 0.314. The van der Waals surface area contributed by atoms with Gasteiger partial charge in [-0.2, -0.15) is 0 Å². The van der Waals surface area contributed by atoms with Gasteiger partial charge in [-0.15, -0.1) is 0 Å². The van der Waals surface area contributed by atoms with Gasteiger partial charge in [-0.1, -0.05) is 48.5 Å². The fourth-order valence-corrected chi connectivity index (χ4v) is 2.28. The Morgan fingerprint density at radius 3 is 2.24 bits per heavy atom. The van der Waals surface area contributed by atoms with E-state index in [-0.39, 0.29) is 0 Å². The first kappa shape index (κ1) is 15.5. The van der Waals surface area contributed by atoms with E-state index in [2.05, 4.69) is 36.1 Å². The molecule has 0 aliphatic heterocycles. The maximum atomic E-state index is 5.85. The molecule has 0 aliphatic rings. The fraction of sp³-hybridized carbons (Fsp3) is 0.333. The fourth-order valence-electron chi connectivity index (χ4n) is 2.28. The molecule has 0 fully saturated rings. The van der Waals surface area contributed by atoms with E-state index in [1.165, 1.54) is 5.56 Å². The highest BCUT2D eigenvalue weighted by Crippen LogP contribution is 2.12. The number of rotatable bonds is 8. The van der Waals surface area contributed by atoms with Crippen molar-refractivity contribution in [2.75, 3.05) is 19.7 Å². The van der Waals surface area contributed by atoms with Crippen molar-refractivity contribution in [2.24, 2.45) is 5.73 Å². The van der Waals surface area contributed by atoms with Gasteiger partial charge >= 0.3 is 0 Å². The highest BCUT2D eigenvalue weighted by Gasteiger charge is 2.14. The van der Waals surface area contributed by atoms with E-state index in [9.17, 15) is 0 Å². The van der Waals surface area contributed by atoms with Crippen molar-refractivity contribution >= 4 is 0 Å². The van der Waals surface area contributed by atoms with E-state index < -0.39 is 0 Å². The second-order valence-corrected chi connectivity index (χ2v) is 5.22. The minimum Gasteiger partial charge on any atom is -0.492 e. The maximum absolute atomic E-state index is 5.85. The predicted octanol–water partition coefficient (Wildman–Crippen LogP) is 2.91. The minimum atomic E-state index is 0.314. The normalized spacial score (nSPS) is 12.3. The summed E-state index contributed by atoms with van der Waals surface area (Å²) in [6.45, 7) is 5.27. The highest BCUT2D eigenvalue weighted by molar-refractivity contribution is 5.21. The van der Waals surface area contributed by atoms with Crippen molar-refractivity contribution in [1.82, 2.24) is 4.90 Å². The molecular weight excluding hydrogens is 260 g/mol. The molecule has 2 rings (SSSR count). The van der Waals surface area contributed by atoms with Gasteiger partial charge in [0.25, 0.3) is 0 Å². The summed E-state index contributed by atoms with van der Waals surface area (Å²) in [5, 5.41) is 0. The summed E-state index contributed by atoms with van der Waals surface area (Å²) < 4.78 is 5.85. The van der Waals surface area contributed by atoms with Gasteiger partial charge in [0.05, 0.1) is 0 Å². The molecule has 0 amide bonds. The summed E-state index contributed by atoms with van der Waals surface area (Å²) in [7, 11) is 0. The second kappa shape index (κ2) is 8.45. The summed E-state index contributed by atoms with van der Waals surface area (Å²) in [4.78, 5) is 2.36. The van der Waals surface area contributed by atoms with Crippen LogP contribution >= 0.6 is 0 Å². The zero-order chi connectivity index (χ0) is 14.9. The van der Waals surface area contributed by atoms with Crippen molar-refractivity contribution < 1.29 is 4.74 Å². The molecule has 112 valence electrons. The van der Waals surface area contributed by atoms with Gasteiger partial charge in [0.1, 0.15) is 12.4 Å². The Labute approximate surface area is 127 Å². The number of nitrogens with two attached hydrogens (primary N) is 1. The van der Waals surface area contributed by atoms with Crippen molar-refractivity contribution in [3.05, 3.63) is 66.2 Å². The lowest BCUT2D eigenvalue weighted by atomic mass is 10.2. The molecule has 0 aliphatic carbocycles. The Hall–Kier alpha value is -1.84. The summed E-state index contributed by atoms with van der Waals surface area (Å²) in [5.41, 5.74) is 7.05. The lowest BCUT2D eigenvalue weighted by Crippen LogP contribution is -2.40. The molecule has 3 nitrogen and oxygen atoms in total. The van der Waals surface area contributed by atoms with Crippen LogP contribution < -0.4 is 10.5 Å². The molecule has 2 N–H and O–H groups in total. The quantitative estimate of drug-likeness (QED) is 0.810. The van der Waals surface area contributed by atoms with Crippen LogP contribution in [-0.2, 0) is 6.54 Å². The first-order valence-electron chi connectivity index (χ1n) is 7.45. The monoisotopic (exact) mass is 284 g/mol. The Kier molecular flexibility index (Phi) is 6.25. The van der Waals surface area contributed by atoms with Gasteiger partial charge < -0.3 is 10.5 Å². The molecule has 0 bridgehead atoms. The Bertz CT molecular complexity index is 501. The standard InChI is InChI=1S/C18H24N2O/c1-16(15-21-18-10-6-3-7-11-18)20(13-12-19)14-17-8-4-2-5-9-17/h2-11,16H,12-15,19H2,1H3. The van der Waals surface area contributed by atoms with Crippen LogP contribution in [0.5, 0.6) is 5.75 Å². The number of para-hydroxylation sites is 1. The van der Waals surface area contributed by atoms with Crippen LogP contribution in [0.3, 0.4) is 0 Å². The van der Waals surface area contributed by atoms with E-state index in [4.69, 9.17) is 10.5 Å². The molecule has 0 radical (unpaired) electrons. The largest absolute Gasteiger partial charge is 0.492 e. The number of hydrogen-bond acceptors (Lipinski definition) is 3. The SMILES string of the molecule is CC(COc1ccccc1)N(CCN)Cc1ccccc1. The zero-order valence-electron chi connectivity index (χ0n) is 12.6. The second-order valence-electron chi connectivity index (χ2n) is 5.22. The van der Waals surface area contributed by atoms with Crippen molar-refractivity contribution in [3.8, 4) is 5.75 Å². The molecule has 0 spiro atoms. The summed E-state index contributed by atoms with van der Waals surface area (Å²) >= 11 is 0. The zero-order valence-corrected chi connectivity index (χ0v) is 12.6. The van der Waals surface area contributed by atoms with E-state index in [1.54, 1.807) is 0 Å². The van der Waals surface area contributed by atoms with Gasteiger partial charge in [0.2, 0.25) is 0 Å². The lowest BCUT2D eigenvalue weighted by Gasteiger charge is -2.28. The smallest absolute Gasteiger partial charge is 0.119 e. The van der Waals surface area contributed by atoms with Crippen LogP contribution in [0.2, 0.25) is 0 Å². The van der Waals surface area contributed by atoms with E-state index in [0.717, 1.165) is 18.8 Å². The average molecular weight is 284 g/mol. The molecule has 0 saturated heterocycles. The number of benzene rings is 2. The van der Waals surface area contributed by atoms with Crippen LogP contribution in [0, 0.1) is 0 Å². The summed E-state index contributed by atoms with van der Waals surface area (Å²) in [5.74, 6) is 0.914. The topological polar surface area (TPSA) is 38.5 Å². The van der Waals surface area contributed by atoms with Gasteiger partial charge in [-0.25, -0.2) is 0 Å². The first-order valence-corrected chi connectivity index (χ1v) is 7.45. The third-order valence-electron chi connectivity index (χ3n) is 3.50.